The highest BCUT2D eigenvalue weighted by Gasteiger charge is 2.12. The van der Waals surface area contributed by atoms with Gasteiger partial charge in [-0.3, -0.25) is 20.0 Å². The van der Waals surface area contributed by atoms with Gasteiger partial charge in [-0.1, -0.05) is 35.9 Å². The van der Waals surface area contributed by atoms with Crippen LogP contribution in [-0.2, 0) is 4.74 Å². The van der Waals surface area contributed by atoms with Gasteiger partial charge in [0.25, 0.3) is 5.91 Å². The molecule has 2 N–H and O–H groups in total. The van der Waals surface area contributed by atoms with Crippen molar-refractivity contribution < 1.29 is 9.53 Å². The van der Waals surface area contributed by atoms with Crippen LogP contribution in [0.3, 0.4) is 0 Å². The molecule has 1 aliphatic heterocycles. The van der Waals surface area contributed by atoms with E-state index in [1.807, 2.05) is 37.3 Å². The van der Waals surface area contributed by atoms with Crippen LogP contribution < -0.4 is 10.6 Å². The van der Waals surface area contributed by atoms with Gasteiger partial charge in [0.15, 0.2) is 0 Å². The monoisotopic (exact) mass is 380 g/mol. The number of aryl methyl sites for hydroxylation is 2. The fourth-order valence-corrected chi connectivity index (χ4v) is 3.09. The summed E-state index contributed by atoms with van der Waals surface area (Å²) in [5.74, 6) is 0.289. The molecule has 1 saturated heterocycles. The Bertz CT molecular complexity index is 815. The van der Waals surface area contributed by atoms with Crippen molar-refractivity contribution in [3.05, 3.63) is 65.2 Å². The summed E-state index contributed by atoms with van der Waals surface area (Å²) >= 11 is 0. The quantitative estimate of drug-likeness (QED) is 0.618. The molecule has 0 spiro atoms. The molecule has 0 unspecified atom stereocenters. The zero-order valence-electron chi connectivity index (χ0n) is 16.6. The van der Waals surface area contributed by atoms with Gasteiger partial charge in [0.2, 0.25) is 5.96 Å². The average molecular weight is 380 g/mol. The molecule has 1 fully saturated rings. The molecule has 0 atom stereocenters. The van der Waals surface area contributed by atoms with Crippen molar-refractivity contribution in [3.63, 3.8) is 0 Å². The molecule has 2 aromatic carbocycles. The number of guanidine groups is 1. The van der Waals surface area contributed by atoms with Gasteiger partial charge in [-0.05, 0) is 37.6 Å². The maximum absolute atomic E-state index is 12.6. The maximum Gasteiger partial charge on any atom is 0.257 e. The van der Waals surface area contributed by atoms with Crippen LogP contribution in [0.4, 0.5) is 5.69 Å². The number of hydrogen-bond donors (Lipinski definition) is 2. The summed E-state index contributed by atoms with van der Waals surface area (Å²) in [6, 6.07) is 15.3. The Kier molecular flexibility index (Phi) is 7.17. The molecule has 148 valence electrons. The number of amides is 1. The Balaban J connectivity index is 1.70. The predicted octanol–water partition coefficient (Wildman–Crippen LogP) is 2.83. The van der Waals surface area contributed by atoms with Crippen molar-refractivity contribution >= 4 is 17.6 Å². The number of hydrogen-bond acceptors (Lipinski definition) is 4. The van der Waals surface area contributed by atoms with Crippen LogP contribution in [0.2, 0.25) is 0 Å². The first kappa shape index (κ1) is 20.0. The summed E-state index contributed by atoms with van der Waals surface area (Å²) in [5.41, 5.74) is 3.84. The van der Waals surface area contributed by atoms with Crippen LogP contribution in [0, 0.1) is 13.8 Å². The van der Waals surface area contributed by atoms with Crippen LogP contribution in [0.1, 0.15) is 21.5 Å². The molecule has 0 aliphatic carbocycles. The van der Waals surface area contributed by atoms with E-state index >= 15 is 0 Å². The molecule has 2 aromatic rings. The number of carbonyl (C=O) groups is 1. The van der Waals surface area contributed by atoms with Crippen LogP contribution in [-0.4, -0.2) is 56.2 Å². The van der Waals surface area contributed by atoms with E-state index in [2.05, 4.69) is 33.5 Å². The van der Waals surface area contributed by atoms with Crippen molar-refractivity contribution in [1.29, 1.82) is 0 Å². The summed E-state index contributed by atoms with van der Waals surface area (Å²) in [4.78, 5) is 19.5. The van der Waals surface area contributed by atoms with Crippen LogP contribution in [0.15, 0.2) is 53.5 Å². The standard InChI is InChI=1S/C22H28N4O2/c1-17-8-9-20(18(2)16-17)24-22(23-10-11-26-12-14-28-15-13-26)25-21(27)19-6-4-3-5-7-19/h3-9,16H,10-15H2,1-2H3,(H2,23,24,25,27). The molecule has 1 aliphatic rings. The van der Waals surface area contributed by atoms with E-state index in [0.717, 1.165) is 44.1 Å². The lowest BCUT2D eigenvalue weighted by atomic mass is 10.1. The largest absolute Gasteiger partial charge is 0.379 e. The lowest BCUT2D eigenvalue weighted by Gasteiger charge is -2.25. The second-order valence-electron chi connectivity index (χ2n) is 6.95. The van der Waals surface area contributed by atoms with Crippen LogP contribution in [0.25, 0.3) is 0 Å². The minimum absolute atomic E-state index is 0.178. The summed E-state index contributed by atoms with van der Waals surface area (Å²) in [5, 5.41) is 6.21. The highest BCUT2D eigenvalue weighted by Crippen LogP contribution is 2.16. The number of morpholine rings is 1. The molecule has 0 bridgehead atoms. The number of nitrogens with one attached hydrogen (secondary N) is 2. The fraction of sp³-hybridized carbons (Fsp3) is 0.364. The lowest BCUT2D eigenvalue weighted by Crippen LogP contribution is -2.39. The minimum atomic E-state index is -0.178. The van der Waals surface area contributed by atoms with Gasteiger partial charge < -0.3 is 10.1 Å². The molecule has 6 heteroatoms. The Labute approximate surface area is 166 Å². The van der Waals surface area contributed by atoms with Crippen LogP contribution >= 0.6 is 0 Å². The van der Waals surface area contributed by atoms with Gasteiger partial charge in [-0.2, -0.15) is 0 Å². The number of aliphatic imine (C=N–C) groups is 1. The molecule has 0 aromatic heterocycles. The number of benzene rings is 2. The third-order valence-electron chi connectivity index (χ3n) is 4.69. The summed E-state index contributed by atoms with van der Waals surface area (Å²) in [6.45, 7) is 8.91. The molecular weight excluding hydrogens is 352 g/mol. The second-order valence-corrected chi connectivity index (χ2v) is 6.95. The van der Waals surface area contributed by atoms with Crippen molar-refractivity contribution in [2.24, 2.45) is 4.99 Å². The maximum atomic E-state index is 12.6. The number of carbonyl (C=O) groups excluding carboxylic acids is 1. The van der Waals surface area contributed by atoms with Crippen molar-refractivity contribution in [2.45, 2.75) is 13.8 Å². The topological polar surface area (TPSA) is 66.0 Å². The van der Waals surface area contributed by atoms with Gasteiger partial charge in [0.05, 0.1) is 19.8 Å². The first-order valence-electron chi connectivity index (χ1n) is 9.67. The predicted molar refractivity (Wildman–Crippen MR) is 113 cm³/mol. The molecule has 1 heterocycles. The number of anilines is 1. The van der Waals surface area contributed by atoms with Gasteiger partial charge in [-0.15, -0.1) is 0 Å². The van der Waals surface area contributed by atoms with E-state index in [-0.39, 0.29) is 5.91 Å². The number of rotatable bonds is 5. The highest BCUT2D eigenvalue weighted by atomic mass is 16.5. The molecule has 3 rings (SSSR count). The number of ether oxygens (including phenoxy) is 1. The Morgan fingerprint density at radius 1 is 1.11 bits per heavy atom. The first-order valence-corrected chi connectivity index (χ1v) is 9.67. The molecular formula is C22H28N4O2. The molecule has 28 heavy (non-hydrogen) atoms. The van der Waals surface area contributed by atoms with E-state index in [0.29, 0.717) is 18.1 Å². The third-order valence-corrected chi connectivity index (χ3v) is 4.69. The van der Waals surface area contributed by atoms with Crippen molar-refractivity contribution in [1.82, 2.24) is 10.2 Å². The van der Waals surface area contributed by atoms with E-state index in [4.69, 9.17) is 4.74 Å². The molecule has 0 saturated carbocycles. The highest BCUT2D eigenvalue weighted by molar-refractivity contribution is 6.10. The summed E-state index contributed by atoms with van der Waals surface area (Å²) < 4.78 is 5.38. The van der Waals surface area contributed by atoms with Gasteiger partial charge in [0.1, 0.15) is 0 Å². The van der Waals surface area contributed by atoms with E-state index in [9.17, 15) is 4.79 Å². The average Bonchev–Trinajstić information content (AvgIpc) is 2.71. The van der Waals surface area contributed by atoms with Crippen molar-refractivity contribution in [3.8, 4) is 0 Å². The summed E-state index contributed by atoms with van der Waals surface area (Å²) in [7, 11) is 0. The Hall–Kier alpha value is -2.70. The smallest absolute Gasteiger partial charge is 0.257 e. The fourth-order valence-electron chi connectivity index (χ4n) is 3.09. The van der Waals surface area contributed by atoms with Crippen LogP contribution in [0.5, 0.6) is 0 Å². The zero-order chi connectivity index (χ0) is 19.8. The first-order chi connectivity index (χ1) is 13.6. The number of nitrogens with zero attached hydrogens (tertiary/aromatic N) is 2. The molecule has 0 radical (unpaired) electrons. The normalized spacial score (nSPS) is 15.3. The van der Waals surface area contributed by atoms with E-state index in [1.165, 1.54) is 5.56 Å². The Morgan fingerprint density at radius 3 is 2.57 bits per heavy atom. The second kappa shape index (κ2) is 10.0. The molecule has 1 amide bonds. The molecule has 6 nitrogen and oxygen atoms in total. The van der Waals surface area contributed by atoms with E-state index in [1.54, 1.807) is 12.1 Å². The third kappa shape index (κ3) is 5.90. The van der Waals surface area contributed by atoms with Gasteiger partial charge in [-0.25, -0.2) is 0 Å². The van der Waals surface area contributed by atoms with Gasteiger partial charge >= 0.3 is 0 Å². The minimum Gasteiger partial charge on any atom is -0.379 e. The SMILES string of the molecule is Cc1ccc(NC(=NCCN2CCOCC2)NC(=O)c2ccccc2)c(C)c1. The zero-order valence-corrected chi connectivity index (χ0v) is 16.6. The van der Waals surface area contributed by atoms with Crippen molar-refractivity contribution in [2.75, 3.05) is 44.7 Å². The van der Waals surface area contributed by atoms with Gasteiger partial charge in [0, 0.05) is 30.9 Å². The Morgan fingerprint density at radius 2 is 1.86 bits per heavy atom. The van der Waals surface area contributed by atoms with E-state index < -0.39 is 0 Å². The summed E-state index contributed by atoms with van der Waals surface area (Å²) in [6.07, 6.45) is 0. The lowest BCUT2D eigenvalue weighted by molar-refractivity contribution is 0.0394.